The van der Waals surface area contributed by atoms with Crippen LogP contribution in [-0.2, 0) is 6.42 Å². The van der Waals surface area contributed by atoms with E-state index in [2.05, 4.69) is 74.2 Å². The van der Waals surface area contributed by atoms with Gasteiger partial charge in [-0.25, -0.2) is 4.98 Å². The number of β-amino-alcohol motifs (C(OH)–C–C–N with tert-alkyl or cyclic N) is 1. The van der Waals surface area contributed by atoms with Crippen molar-refractivity contribution in [3.05, 3.63) is 65.9 Å². The van der Waals surface area contributed by atoms with Crippen molar-refractivity contribution in [3.63, 3.8) is 0 Å². The van der Waals surface area contributed by atoms with Gasteiger partial charge in [-0.3, -0.25) is 4.98 Å². The molecule has 4 heteroatoms. The highest BCUT2D eigenvalue weighted by molar-refractivity contribution is 5.79. The predicted octanol–water partition coefficient (Wildman–Crippen LogP) is 5.85. The van der Waals surface area contributed by atoms with Gasteiger partial charge < -0.3 is 10.0 Å². The standard InChI is InChI=1S/C27H33N3O/c1-4-7-20-8-5-9-23(16-20)26-27(22-13-11-21(12-14-22)19(2)3)29-25(17-28-26)30-15-6-10-24(31)18-30/h5,8-9,11-14,16-17,19,24,31H,4,6-7,10,15,18H2,1-3H3. The van der Waals surface area contributed by atoms with Gasteiger partial charge in [0.2, 0.25) is 0 Å². The molecule has 0 bridgehead atoms. The average molecular weight is 416 g/mol. The number of piperidine rings is 1. The molecule has 0 amide bonds. The van der Waals surface area contributed by atoms with E-state index in [9.17, 15) is 5.11 Å². The van der Waals surface area contributed by atoms with Crippen LogP contribution in [0.5, 0.6) is 0 Å². The molecule has 1 unspecified atom stereocenters. The van der Waals surface area contributed by atoms with E-state index in [4.69, 9.17) is 9.97 Å². The Morgan fingerprint density at radius 3 is 2.58 bits per heavy atom. The summed E-state index contributed by atoms with van der Waals surface area (Å²) in [6.45, 7) is 8.15. The van der Waals surface area contributed by atoms with E-state index in [1.165, 1.54) is 11.1 Å². The summed E-state index contributed by atoms with van der Waals surface area (Å²) >= 11 is 0. The Morgan fingerprint density at radius 2 is 1.87 bits per heavy atom. The lowest BCUT2D eigenvalue weighted by atomic mass is 9.98. The Bertz CT molecular complexity index is 1010. The second-order valence-corrected chi connectivity index (χ2v) is 8.89. The second kappa shape index (κ2) is 9.61. The molecule has 162 valence electrons. The zero-order valence-electron chi connectivity index (χ0n) is 18.9. The molecule has 4 nitrogen and oxygen atoms in total. The van der Waals surface area contributed by atoms with Crippen molar-refractivity contribution in [2.75, 3.05) is 18.0 Å². The highest BCUT2D eigenvalue weighted by atomic mass is 16.3. The summed E-state index contributed by atoms with van der Waals surface area (Å²) in [5.74, 6) is 1.33. The first-order chi connectivity index (χ1) is 15.0. The van der Waals surface area contributed by atoms with Gasteiger partial charge in [0, 0.05) is 24.2 Å². The Labute approximate surface area is 186 Å². The van der Waals surface area contributed by atoms with Crippen LogP contribution in [0.15, 0.2) is 54.7 Å². The molecule has 1 atom stereocenters. The van der Waals surface area contributed by atoms with Gasteiger partial charge in [0.05, 0.1) is 23.7 Å². The lowest BCUT2D eigenvalue weighted by Crippen LogP contribution is -2.38. The topological polar surface area (TPSA) is 49.2 Å². The van der Waals surface area contributed by atoms with Crippen LogP contribution in [0.25, 0.3) is 22.5 Å². The van der Waals surface area contributed by atoms with Crippen LogP contribution in [0.1, 0.15) is 57.1 Å². The molecule has 3 aromatic rings. The van der Waals surface area contributed by atoms with E-state index in [-0.39, 0.29) is 6.10 Å². The van der Waals surface area contributed by atoms with Gasteiger partial charge in [0.25, 0.3) is 0 Å². The molecule has 0 spiro atoms. The summed E-state index contributed by atoms with van der Waals surface area (Å²) in [5, 5.41) is 10.1. The van der Waals surface area contributed by atoms with Crippen molar-refractivity contribution in [2.24, 2.45) is 0 Å². The summed E-state index contributed by atoms with van der Waals surface area (Å²) in [4.78, 5) is 12.1. The first-order valence-corrected chi connectivity index (χ1v) is 11.5. The molecule has 1 saturated heterocycles. The van der Waals surface area contributed by atoms with Crippen LogP contribution < -0.4 is 4.90 Å². The van der Waals surface area contributed by atoms with Crippen LogP contribution >= 0.6 is 0 Å². The Kier molecular flexibility index (Phi) is 6.67. The van der Waals surface area contributed by atoms with E-state index < -0.39 is 0 Å². The first kappa shape index (κ1) is 21.5. The molecule has 1 fully saturated rings. The number of aryl methyl sites for hydroxylation is 1. The summed E-state index contributed by atoms with van der Waals surface area (Å²) in [6, 6.07) is 17.4. The molecular formula is C27H33N3O. The zero-order chi connectivity index (χ0) is 21.8. The van der Waals surface area contributed by atoms with Crippen LogP contribution in [0.4, 0.5) is 5.82 Å². The van der Waals surface area contributed by atoms with Gasteiger partial charge in [-0.2, -0.15) is 0 Å². The molecule has 1 N–H and O–H groups in total. The summed E-state index contributed by atoms with van der Waals surface area (Å²) in [7, 11) is 0. The molecule has 0 radical (unpaired) electrons. The molecule has 0 aliphatic carbocycles. The maximum absolute atomic E-state index is 10.1. The molecule has 2 heterocycles. The number of anilines is 1. The molecular weight excluding hydrogens is 382 g/mol. The predicted molar refractivity (Wildman–Crippen MR) is 128 cm³/mol. The third kappa shape index (κ3) is 4.96. The number of aromatic nitrogens is 2. The molecule has 1 aliphatic heterocycles. The van der Waals surface area contributed by atoms with Crippen LogP contribution in [0, 0.1) is 0 Å². The van der Waals surface area contributed by atoms with Crippen LogP contribution in [0.3, 0.4) is 0 Å². The summed E-state index contributed by atoms with van der Waals surface area (Å²) in [6.07, 6.45) is 5.58. The Morgan fingerprint density at radius 1 is 1.06 bits per heavy atom. The van der Waals surface area contributed by atoms with E-state index >= 15 is 0 Å². The van der Waals surface area contributed by atoms with Crippen LogP contribution in [-0.4, -0.2) is 34.3 Å². The molecule has 2 aromatic carbocycles. The van der Waals surface area contributed by atoms with Gasteiger partial charge in [0.1, 0.15) is 5.82 Å². The fourth-order valence-electron chi connectivity index (χ4n) is 4.30. The fraction of sp³-hybridized carbons (Fsp3) is 0.407. The Balaban J connectivity index is 1.79. The van der Waals surface area contributed by atoms with Crippen LogP contribution in [0.2, 0.25) is 0 Å². The van der Waals surface area contributed by atoms with E-state index in [0.717, 1.165) is 60.6 Å². The summed E-state index contributed by atoms with van der Waals surface area (Å²) < 4.78 is 0. The lowest BCUT2D eigenvalue weighted by molar-refractivity contribution is 0.154. The number of hydrogen-bond donors (Lipinski definition) is 1. The molecule has 0 saturated carbocycles. The van der Waals surface area contributed by atoms with Crippen molar-refractivity contribution in [3.8, 4) is 22.5 Å². The highest BCUT2D eigenvalue weighted by Crippen LogP contribution is 2.32. The third-order valence-corrected chi connectivity index (χ3v) is 6.07. The van der Waals surface area contributed by atoms with Gasteiger partial charge in [-0.05, 0) is 42.4 Å². The fourth-order valence-corrected chi connectivity index (χ4v) is 4.30. The van der Waals surface area contributed by atoms with Gasteiger partial charge >= 0.3 is 0 Å². The molecule has 1 aliphatic rings. The van der Waals surface area contributed by atoms with E-state index in [0.29, 0.717) is 12.5 Å². The number of aliphatic hydroxyl groups excluding tert-OH is 1. The first-order valence-electron chi connectivity index (χ1n) is 11.5. The Hall–Kier alpha value is -2.72. The maximum Gasteiger partial charge on any atom is 0.147 e. The minimum absolute atomic E-state index is 0.297. The third-order valence-electron chi connectivity index (χ3n) is 6.07. The molecule has 1 aromatic heterocycles. The quantitative estimate of drug-likeness (QED) is 0.549. The lowest BCUT2D eigenvalue weighted by Gasteiger charge is -2.31. The smallest absolute Gasteiger partial charge is 0.147 e. The minimum atomic E-state index is -0.297. The average Bonchev–Trinajstić information content (AvgIpc) is 2.79. The highest BCUT2D eigenvalue weighted by Gasteiger charge is 2.21. The van der Waals surface area contributed by atoms with Crippen molar-refractivity contribution in [1.82, 2.24) is 9.97 Å². The largest absolute Gasteiger partial charge is 0.391 e. The van der Waals surface area contributed by atoms with Gasteiger partial charge in [-0.1, -0.05) is 69.7 Å². The van der Waals surface area contributed by atoms with E-state index in [1.54, 1.807) is 0 Å². The number of hydrogen-bond acceptors (Lipinski definition) is 4. The number of aliphatic hydroxyl groups is 1. The molecule has 31 heavy (non-hydrogen) atoms. The SMILES string of the molecule is CCCc1cccc(-c2ncc(N3CCCC(O)C3)nc2-c2ccc(C(C)C)cc2)c1. The maximum atomic E-state index is 10.1. The summed E-state index contributed by atoms with van der Waals surface area (Å²) in [5.41, 5.74) is 6.64. The van der Waals surface area contributed by atoms with Crippen molar-refractivity contribution in [2.45, 2.75) is 58.5 Å². The van der Waals surface area contributed by atoms with Crippen molar-refractivity contribution in [1.29, 1.82) is 0 Å². The van der Waals surface area contributed by atoms with Gasteiger partial charge in [0.15, 0.2) is 0 Å². The zero-order valence-corrected chi connectivity index (χ0v) is 18.9. The van der Waals surface area contributed by atoms with Crippen molar-refractivity contribution >= 4 is 5.82 Å². The number of rotatable bonds is 6. The minimum Gasteiger partial charge on any atom is -0.391 e. The van der Waals surface area contributed by atoms with Crippen molar-refractivity contribution < 1.29 is 5.11 Å². The normalized spacial score (nSPS) is 16.7. The number of benzene rings is 2. The monoisotopic (exact) mass is 415 g/mol. The second-order valence-electron chi connectivity index (χ2n) is 8.89. The number of nitrogens with zero attached hydrogens (tertiary/aromatic N) is 3. The van der Waals surface area contributed by atoms with E-state index in [1.807, 2.05) is 6.20 Å². The molecule has 4 rings (SSSR count). The van der Waals surface area contributed by atoms with Gasteiger partial charge in [-0.15, -0.1) is 0 Å².